The third-order valence-electron chi connectivity index (χ3n) is 2.26. The number of carbonyl (C=O) groups excluding carboxylic acids is 1. The van der Waals surface area contributed by atoms with Gasteiger partial charge in [0, 0.05) is 19.5 Å². The normalized spacial score (nSPS) is 10.2. The number of para-hydroxylation sites is 1. The second-order valence-corrected chi connectivity index (χ2v) is 3.94. The van der Waals surface area contributed by atoms with E-state index < -0.39 is 0 Å². The van der Waals surface area contributed by atoms with Gasteiger partial charge in [-0.05, 0) is 18.6 Å². The highest BCUT2D eigenvalue weighted by molar-refractivity contribution is 6.33. The Bertz CT molecular complexity index is 355. The van der Waals surface area contributed by atoms with E-state index in [1.807, 2.05) is 25.1 Å². The van der Waals surface area contributed by atoms with Crippen LogP contribution < -0.4 is 10.6 Å². The average molecular weight is 241 g/mol. The minimum absolute atomic E-state index is 0.0704. The molecule has 1 aromatic rings. The van der Waals surface area contributed by atoms with Crippen LogP contribution in [-0.2, 0) is 4.79 Å². The maximum atomic E-state index is 11.9. The quantitative estimate of drug-likeness (QED) is 0.859. The molecule has 0 spiro atoms. The van der Waals surface area contributed by atoms with Crippen molar-refractivity contribution in [2.24, 2.45) is 5.73 Å². The molecular weight excluding hydrogens is 224 g/mol. The first-order chi connectivity index (χ1) is 7.70. The number of nitrogens with zero attached hydrogens (tertiary/aromatic N) is 1. The summed E-state index contributed by atoms with van der Waals surface area (Å²) in [6.07, 6.45) is 1.34. The molecule has 0 aliphatic rings. The molecule has 1 rings (SSSR count). The number of anilines is 1. The molecule has 4 heteroatoms. The van der Waals surface area contributed by atoms with Crippen LogP contribution in [0.4, 0.5) is 5.69 Å². The highest BCUT2D eigenvalue weighted by atomic mass is 35.5. The topological polar surface area (TPSA) is 46.3 Å². The van der Waals surface area contributed by atoms with Crippen molar-refractivity contribution in [3.05, 3.63) is 29.3 Å². The Kier molecular flexibility index (Phi) is 5.29. The summed E-state index contributed by atoms with van der Waals surface area (Å²) < 4.78 is 0. The van der Waals surface area contributed by atoms with Crippen LogP contribution in [0.1, 0.15) is 19.8 Å². The maximum Gasteiger partial charge on any atom is 0.227 e. The van der Waals surface area contributed by atoms with Crippen molar-refractivity contribution in [3.63, 3.8) is 0 Å². The lowest BCUT2D eigenvalue weighted by molar-refractivity contribution is -0.118. The summed E-state index contributed by atoms with van der Waals surface area (Å²) in [4.78, 5) is 13.6. The molecule has 88 valence electrons. The van der Waals surface area contributed by atoms with Crippen LogP contribution in [0.15, 0.2) is 24.3 Å². The number of benzene rings is 1. The Hall–Kier alpha value is -1.06. The van der Waals surface area contributed by atoms with Gasteiger partial charge in [0.25, 0.3) is 0 Å². The van der Waals surface area contributed by atoms with Gasteiger partial charge in [0.15, 0.2) is 0 Å². The van der Waals surface area contributed by atoms with Crippen molar-refractivity contribution in [1.82, 2.24) is 0 Å². The van der Waals surface area contributed by atoms with E-state index in [-0.39, 0.29) is 5.91 Å². The van der Waals surface area contributed by atoms with Crippen LogP contribution in [-0.4, -0.2) is 19.0 Å². The monoisotopic (exact) mass is 240 g/mol. The Morgan fingerprint density at radius 1 is 1.44 bits per heavy atom. The molecule has 1 amide bonds. The number of halogens is 1. The van der Waals surface area contributed by atoms with Crippen molar-refractivity contribution in [2.45, 2.75) is 19.8 Å². The number of hydrogen-bond acceptors (Lipinski definition) is 2. The summed E-state index contributed by atoms with van der Waals surface area (Å²) in [5.41, 5.74) is 6.26. The van der Waals surface area contributed by atoms with Gasteiger partial charge in [0.05, 0.1) is 10.7 Å². The Morgan fingerprint density at radius 3 is 2.69 bits per heavy atom. The number of hydrogen-bond donors (Lipinski definition) is 1. The first kappa shape index (κ1) is 13.0. The Balaban J connectivity index is 2.93. The minimum atomic E-state index is 0.0704. The lowest BCUT2D eigenvalue weighted by Gasteiger charge is -2.23. The molecule has 16 heavy (non-hydrogen) atoms. The summed E-state index contributed by atoms with van der Waals surface area (Å²) in [6, 6.07) is 7.33. The molecule has 0 aromatic heterocycles. The summed E-state index contributed by atoms with van der Waals surface area (Å²) in [5, 5.41) is 0.584. The molecule has 0 aliphatic heterocycles. The van der Waals surface area contributed by atoms with Gasteiger partial charge < -0.3 is 10.6 Å². The second-order valence-electron chi connectivity index (χ2n) is 3.54. The van der Waals surface area contributed by atoms with E-state index in [2.05, 4.69) is 0 Å². The maximum absolute atomic E-state index is 11.9. The Labute approximate surface area is 101 Å². The average Bonchev–Trinajstić information content (AvgIpc) is 2.27. The van der Waals surface area contributed by atoms with Crippen molar-refractivity contribution in [2.75, 3.05) is 18.0 Å². The second kappa shape index (κ2) is 6.51. The molecule has 1 aromatic carbocycles. The van der Waals surface area contributed by atoms with E-state index in [9.17, 15) is 4.79 Å². The van der Waals surface area contributed by atoms with Crippen molar-refractivity contribution >= 4 is 23.2 Å². The molecule has 0 heterocycles. The first-order valence-electron chi connectivity index (χ1n) is 5.45. The number of amides is 1. The van der Waals surface area contributed by atoms with Gasteiger partial charge in [-0.1, -0.05) is 30.7 Å². The molecule has 0 aliphatic carbocycles. The first-order valence-corrected chi connectivity index (χ1v) is 5.83. The van der Waals surface area contributed by atoms with E-state index in [1.165, 1.54) is 0 Å². The van der Waals surface area contributed by atoms with Gasteiger partial charge >= 0.3 is 0 Å². The van der Waals surface area contributed by atoms with E-state index in [1.54, 1.807) is 11.0 Å². The number of nitrogens with two attached hydrogens (primary N) is 1. The molecule has 2 N–H and O–H groups in total. The van der Waals surface area contributed by atoms with E-state index in [0.717, 1.165) is 12.1 Å². The fourth-order valence-electron chi connectivity index (χ4n) is 1.53. The molecule has 0 unspecified atom stereocenters. The predicted octanol–water partition coefficient (Wildman–Crippen LogP) is 2.43. The third-order valence-corrected chi connectivity index (χ3v) is 2.58. The van der Waals surface area contributed by atoms with Crippen molar-refractivity contribution in [3.8, 4) is 0 Å². The molecule has 0 fully saturated rings. The van der Waals surface area contributed by atoms with Gasteiger partial charge in [-0.25, -0.2) is 0 Å². The highest BCUT2D eigenvalue weighted by Crippen LogP contribution is 2.25. The predicted molar refractivity (Wildman–Crippen MR) is 67.8 cm³/mol. The zero-order valence-corrected chi connectivity index (χ0v) is 10.2. The van der Waals surface area contributed by atoms with Crippen LogP contribution in [0.3, 0.4) is 0 Å². The zero-order valence-electron chi connectivity index (χ0n) is 9.45. The fraction of sp³-hybridized carbons (Fsp3) is 0.417. The zero-order chi connectivity index (χ0) is 12.0. The smallest absolute Gasteiger partial charge is 0.227 e. The van der Waals surface area contributed by atoms with Gasteiger partial charge in [-0.2, -0.15) is 0 Å². The van der Waals surface area contributed by atoms with Gasteiger partial charge in [0.1, 0.15) is 0 Å². The van der Waals surface area contributed by atoms with E-state index in [0.29, 0.717) is 24.5 Å². The summed E-state index contributed by atoms with van der Waals surface area (Å²) >= 11 is 6.06. The van der Waals surface area contributed by atoms with Crippen LogP contribution in [0.5, 0.6) is 0 Å². The highest BCUT2D eigenvalue weighted by Gasteiger charge is 2.15. The van der Waals surface area contributed by atoms with Gasteiger partial charge in [0.2, 0.25) is 5.91 Å². The summed E-state index contributed by atoms with van der Waals surface area (Å²) in [7, 11) is 0. The summed E-state index contributed by atoms with van der Waals surface area (Å²) in [6.45, 7) is 2.91. The van der Waals surface area contributed by atoms with E-state index >= 15 is 0 Å². The third kappa shape index (κ3) is 3.22. The van der Waals surface area contributed by atoms with Crippen molar-refractivity contribution in [1.29, 1.82) is 0 Å². The molecule has 0 atom stereocenters. The minimum Gasteiger partial charge on any atom is -0.329 e. The largest absolute Gasteiger partial charge is 0.329 e. The molecular formula is C12H17ClN2O. The lowest BCUT2D eigenvalue weighted by Crippen LogP contribution is -2.35. The van der Waals surface area contributed by atoms with Crippen LogP contribution in [0.2, 0.25) is 5.02 Å². The standard InChI is InChI=1S/C12H17ClN2O/c1-2-5-12(16)15(9-8-14)11-7-4-3-6-10(11)13/h3-4,6-7H,2,5,8-9,14H2,1H3. The lowest BCUT2D eigenvalue weighted by atomic mass is 10.2. The Morgan fingerprint density at radius 2 is 2.12 bits per heavy atom. The number of carbonyl (C=O) groups is 1. The molecule has 0 saturated carbocycles. The van der Waals surface area contributed by atoms with Crippen LogP contribution >= 0.6 is 11.6 Å². The molecule has 3 nitrogen and oxygen atoms in total. The summed E-state index contributed by atoms with van der Waals surface area (Å²) in [5.74, 6) is 0.0704. The SMILES string of the molecule is CCCC(=O)N(CCN)c1ccccc1Cl. The fourth-order valence-corrected chi connectivity index (χ4v) is 1.77. The van der Waals surface area contributed by atoms with Gasteiger partial charge in [-0.15, -0.1) is 0 Å². The van der Waals surface area contributed by atoms with Crippen molar-refractivity contribution < 1.29 is 4.79 Å². The molecule has 0 bridgehead atoms. The number of rotatable bonds is 5. The molecule has 0 saturated heterocycles. The van der Waals surface area contributed by atoms with Gasteiger partial charge in [-0.3, -0.25) is 4.79 Å². The molecule has 0 radical (unpaired) electrons. The van der Waals surface area contributed by atoms with E-state index in [4.69, 9.17) is 17.3 Å². The van der Waals surface area contributed by atoms with Crippen LogP contribution in [0.25, 0.3) is 0 Å². The van der Waals surface area contributed by atoms with Crippen LogP contribution in [0, 0.1) is 0 Å².